The number of aliphatic hydroxyl groups is 7. The molecule has 2 fully saturated rings. The van der Waals surface area contributed by atoms with Gasteiger partial charge in [0.15, 0.2) is 18.7 Å². The SMILES string of the molecule is O=C(OO[C@H]1[C@H](O[C@H]2[C@H](O)[C@@H](O)[C@H](O)O[C@@H]2CO)O[C@H](CO)[C@H](O)[C@@H]1O)c1ccccc1. The molecule has 0 radical (unpaired) electrons. The normalized spacial score (nSPS) is 40.1. The molecule has 0 bridgehead atoms. The summed E-state index contributed by atoms with van der Waals surface area (Å²) in [6.07, 6.45) is -16.3. The van der Waals surface area contributed by atoms with Gasteiger partial charge >= 0.3 is 5.97 Å². The van der Waals surface area contributed by atoms with E-state index in [9.17, 15) is 40.5 Å². The van der Waals surface area contributed by atoms with Gasteiger partial charge in [-0.15, -0.1) is 0 Å². The Kier molecular flexibility index (Phi) is 8.49. The third kappa shape index (κ3) is 5.24. The zero-order valence-electron chi connectivity index (χ0n) is 16.7. The fourth-order valence-corrected chi connectivity index (χ4v) is 3.38. The Labute approximate surface area is 181 Å². The second kappa shape index (κ2) is 10.9. The van der Waals surface area contributed by atoms with Crippen LogP contribution in [0.3, 0.4) is 0 Å². The lowest BCUT2D eigenvalue weighted by molar-refractivity contribution is -0.402. The third-order valence-corrected chi connectivity index (χ3v) is 5.20. The summed E-state index contributed by atoms with van der Waals surface area (Å²) in [4.78, 5) is 21.9. The minimum atomic E-state index is -1.80. The highest BCUT2D eigenvalue weighted by molar-refractivity contribution is 5.88. The molecule has 2 aliphatic heterocycles. The van der Waals surface area contributed by atoms with Crippen LogP contribution in [-0.4, -0.2) is 116 Å². The number of carbonyl (C=O) groups is 1. The molecule has 1 aromatic rings. The van der Waals surface area contributed by atoms with Gasteiger partial charge in [-0.2, -0.15) is 4.89 Å². The monoisotopic (exact) mass is 462 g/mol. The number of hydrogen-bond donors (Lipinski definition) is 7. The van der Waals surface area contributed by atoms with Crippen molar-refractivity contribution in [2.45, 2.75) is 61.4 Å². The average Bonchev–Trinajstić information content (AvgIpc) is 2.81. The van der Waals surface area contributed by atoms with Crippen LogP contribution in [-0.2, 0) is 24.0 Å². The first-order chi connectivity index (χ1) is 15.3. The van der Waals surface area contributed by atoms with E-state index in [4.69, 9.17) is 24.0 Å². The van der Waals surface area contributed by atoms with Crippen LogP contribution < -0.4 is 0 Å². The molecule has 180 valence electrons. The molecule has 2 saturated heterocycles. The van der Waals surface area contributed by atoms with E-state index in [0.29, 0.717) is 0 Å². The van der Waals surface area contributed by atoms with Gasteiger partial charge in [0.1, 0.15) is 42.7 Å². The smallest absolute Gasteiger partial charge is 0.373 e. The summed E-state index contributed by atoms with van der Waals surface area (Å²) in [5.74, 6) is -0.928. The summed E-state index contributed by atoms with van der Waals surface area (Å²) in [5.41, 5.74) is 0.124. The van der Waals surface area contributed by atoms with Crippen molar-refractivity contribution in [2.75, 3.05) is 13.2 Å². The molecule has 0 spiro atoms. The maximum atomic E-state index is 12.2. The molecule has 13 heteroatoms. The maximum absolute atomic E-state index is 12.2. The van der Waals surface area contributed by atoms with Gasteiger partial charge in [-0.05, 0) is 12.1 Å². The molecule has 0 aliphatic carbocycles. The molecule has 2 heterocycles. The van der Waals surface area contributed by atoms with Crippen LogP contribution in [0.4, 0.5) is 0 Å². The lowest BCUT2D eigenvalue weighted by Crippen LogP contribution is -2.64. The molecule has 7 N–H and O–H groups in total. The van der Waals surface area contributed by atoms with Crippen LogP contribution in [0, 0.1) is 0 Å². The highest BCUT2D eigenvalue weighted by atomic mass is 17.2. The molecule has 1 aromatic carbocycles. The topological polar surface area (TPSA) is 205 Å². The van der Waals surface area contributed by atoms with E-state index in [2.05, 4.69) is 0 Å². The van der Waals surface area contributed by atoms with Gasteiger partial charge in [0, 0.05) is 0 Å². The standard InChI is InChI=1S/C19H26O13/c20-6-9-11(22)12(23)16(31-32-17(26)8-4-2-1-3-5-8)19(29-9)30-15-10(7-21)28-18(27)14(25)13(15)24/h1-5,9-16,18-25,27H,6-7H2/t9-,10-,11+,12+,13-,14-,15-,16-,18-,19+/m1/s1. The average molecular weight is 462 g/mol. The lowest BCUT2D eigenvalue weighted by atomic mass is 9.97. The largest absolute Gasteiger partial charge is 0.394 e. The first kappa shape index (κ1) is 24.9. The van der Waals surface area contributed by atoms with Crippen molar-refractivity contribution in [2.24, 2.45) is 0 Å². The number of aliphatic hydroxyl groups excluding tert-OH is 7. The van der Waals surface area contributed by atoms with Crippen molar-refractivity contribution in [1.29, 1.82) is 0 Å². The molecule has 0 aromatic heterocycles. The quantitative estimate of drug-likeness (QED) is 0.155. The first-order valence-corrected chi connectivity index (χ1v) is 9.79. The minimum absolute atomic E-state index is 0.124. The molecule has 3 rings (SSSR count). The molecule has 32 heavy (non-hydrogen) atoms. The van der Waals surface area contributed by atoms with Crippen LogP contribution in [0.1, 0.15) is 10.4 Å². The van der Waals surface area contributed by atoms with Gasteiger partial charge in [0.2, 0.25) is 0 Å². The summed E-state index contributed by atoms with van der Waals surface area (Å²) >= 11 is 0. The van der Waals surface area contributed by atoms with Gasteiger partial charge in [0.25, 0.3) is 0 Å². The van der Waals surface area contributed by atoms with Crippen LogP contribution in [0.25, 0.3) is 0 Å². The number of carbonyl (C=O) groups excluding carboxylic acids is 1. The van der Waals surface area contributed by atoms with E-state index in [1.807, 2.05) is 0 Å². The van der Waals surface area contributed by atoms with E-state index < -0.39 is 80.6 Å². The molecule has 0 saturated carbocycles. The second-order valence-electron chi connectivity index (χ2n) is 7.33. The summed E-state index contributed by atoms with van der Waals surface area (Å²) in [6.45, 7) is -1.47. The van der Waals surface area contributed by atoms with Crippen molar-refractivity contribution in [3.63, 3.8) is 0 Å². The van der Waals surface area contributed by atoms with Gasteiger partial charge in [-0.25, -0.2) is 4.79 Å². The van der Waals surface area contributed by atoms with Crippen molar-refractivity contribution in [3.8, 4) is 0 Å². The summed E-state index contributed by atoms with van der Waals surface area (Å²) in [6, 6.07) is 7.72. The van der Waals surface area contributed by atoms with E-state index in [-0.39, 0.29) is 5.56 Å². The highest BCUT2D eigenvalue weighted by Crippen LogP contribution is 2.30. The molecule has 10 atom stereocenters. The summed E-state index contributed by atoms with van der Waals surface area (Å²) in [7, 11) is 0. The molecule has 0 amide bonds. The zero-order valence-corrected chi connectivity index (χ0v) is 16.7. The van der Waals surface area contributed by atoms with Crippen molar-refractivity contribution in [3.05, 3.63) is 35.9 Å². The summed E-state index contributed by atoms with van der Waals surface area (Å²) < 4.78 is 15.9. The van der Waals surface area contributed by atoms with Gasteiger partial charge in [0.05, 0.1) is 18.8 Å². The predicted molar refractivity (Wildman–Crippen MR) is 99.3 cm³/mol. The number of ether oxygens (including phenoxy) is 3. The van der Waals surface area contributed by atoms with Gasteiger partial charge in [-0.1, -0.05) is 18.2 Å². The van der Waals surface area contributed by atoms with Crippen LogP contribution in [0.5, 0.6) is 0 Å². The van der Waals surface area contributed by atoms with E-state index >= 15 is 0 Å². The Bertz CT molecular complexity index is 731. The highest BCUT2D eigenvalue weighted by Gasteiger charge is 2.51. The number of benzene rings is 1. The fraction of sp³-hybridized carbons (Fsp3) is 0.632. The molecule has 13 nitrogen and oxygen atoms in total. The van der Waals surface area contributed by atoms with Crippen molar-refractivity contribution < 1.29 is 64.5 Å². The van der Waals surface area contributed by atoms with Crippen LogP contribution in [0.15, 0.2) is 30.3 Å². The van der Waals surface area contributed by atoms with E-state index in [1.54, 1.807) is 18.2 Å². The molecule has 0 unspecified atom stereocenters. The molecule has 2 aliphatic rings. The van der Waals surface area contributed by atoms with E-state index in [1.165, 1.54) is 12.1 Å². The molecular formula is C19H26O13. The Balaban J connectivity index is 1.77. The van der Waals surface area contributed by atoms with Crippen molar-refractivity contribution in [1.82, 2.24) is 0 Å². The van der Waals surface area contributed by atoms with Gasteiger partial charge in [-0.3, -0.25) is 4.89 Å². The number of rotatable bonds is 7. The van der Waals surface area contributed by atoms with E-state index in [0.717, 1.165) is 0 Å². The third-order valence-electron chi connectivity index (χ3n) is 5.20. The zero-order chi connectivity index (χ0) is 23.4. The predicted octanol–water partition coefficient (Wildman–Crippen LogP) is -3.60. The Morgan fingerprint density at radius 3 is 2.06 bits per heavy atom. The maximum Gasteiger partial charge on any atom is 0.373 e. The first-order valence-electron chi connectivity index (χ1n) is 9.79. The lowest BCUT2D eigenvalue weighted by Gasteiger charge is -2.45. The fourth-order valence-electron chi connectivity index (χ4n) is 3.38. The van der Waals surface area contributed by atoms with Crippen LogP contribution >= 0.6 is 0 Å². The number of hydrogen-bond acceptors (Lipinski definition) is 13. The van der Waals surface area contributed by atoms with Crippen LogP contribution in [0.2, 0.25) is 0 Å². The molecular weight excluding hydrogens is 436 g/mol. The second-order valence-corrected chi connectivity index (χ2v) is 7.33. The Morgan fingerprint density at radius 2 is 1.44 bits per heavy atom. The minimum Gasteiger partial charge on any atom is -0.394 e. The summed E-state index contributed by atoms with van der Waals surface area (Å²) in [5, 5.41) is 69.2. The van der Waals surface area contributed by atoms with Crippen molar-refractivity contribution >= 4 is 5.97 Å². The van der Waals surface area contributed by atoms with Gasteiger partial charge < -0.3 is 50.0 Å². The Hall–Kier alpha value is -1.75. The Morgan fingerprint density at radius 1 is 0.812 bits per heavy atom.